The van der Waals surface area contributed by atoms with E-state index < -0.39 is 0 Å². The van der Waals surface area contributed by atoms with Crippen LogP contribution < -0.4 is 10.6 Å². The highest BCUT2D eigenvalue weighted by molar-refractivity contribution is 9.12. The van der Waals surface area contributed by atoms with E-state index >= 15 is 0 Å². The van der Waals surface area contributed by atoms with Gasteiger partial charge in [-0.25, -0.2) is 0 Å². The van der Waals surface area contributed by atoms with Crippen molar-refractivity contribution in [1.29, 1.82) is 0 Å². The van der Waals surface area contributed by atoms with Crippen LogP contribution in [0.5, 0.6) is 0 Å². The third-order valence-electron chi connectivity index (χ3n) is 1.35. The summed E-state index contributed by atoms with van der Waals surface area (Å²) in [6, 6.07) is 1.88. The maximum absolute atomic E-state index is 5.02. The van der Waals surface area contributed by atoms with Gasteiger partial charge in [-0.3, -0.25) is 0 Å². The molecule has 0 saturated carbocycles. The van der Waals surface area contributed by atoms with Gasteiger partial charge in [-0.15, -0.1) is 0 Å². The Hall–Kier alpha value is -0.760. The van der Waals surface area contributed by atoms with Crippen molar-refractivity contribution in [2.45, 2.75) is 20.8 Å². The van der Waals surface area contributed by atoms with Crippen molar-refractivity contribution in [3.05, 3.63) is 33.5 Å². The first-order valence-corrected chi connectivity index (χ1v) is 5.09. The average molecular weight is 243 g/mol. The molecule has 0 aliphatic rings. The zero-order chi connectivity index (χ0) is 10.3. The van der Waals surface area contributed by atoms with Crippen LogP contribution in [0.4, 0.5) is 0 Å². The Kier molecular flexibility index (Phi) is 6.33. The van der Waals surface area contributed by atoms with Crippen molar-refractivity contribution in [3.63, 3.8) is 0 Å². The number of furan rings is 1. The van der Waals surface area contributed by atoms with Crippen LogP contribution in [0.25, 0.3) is 12.7 Å². The smallest absolute Gasteiger partial charge is 0.126 e. The highest BCUT2D eigenvalue weighted by atomic mass is 79.9. The normalized spacial score (nSPS) is 12.3. The lowest BCUT2D eigenvalue weighted by Gasteiger charge is -1.81. The van der Waals surface area contributed by atoms with Crippen LogP contribution in [-0.2, 0) is 0 Å². The summed E-state index contributed by atoms with van der Waals surface area (Å²) in [6.07, 6.45) is 5.56. The molecule has 0 aliphatic carbocycles. The van der Waals surface area contributed by atoms with Crippen LogP contribution in [0.1, 0.15) is 20.8 Å². The van der Waals surface area contributed by atoms with Gasteiger partial charge in [0.2, 0.25) is 0 Å². The largest absolute Gasteiger partial charge is 0.465 e. The fraction of sp³-hybridized carbons (Fsp3) is 0.273. The lowest BCUT2D eigenvalue weighted by molar-refractivity contribution is 0.533. The van der Waals surface area contributed by atoms with E-state index in [1.54, 1.807) is 6.26 Å². The molecule has 1 rings (SSSR count). The van der Waals surface area contributed by atoms with Gasteiger partial charge in [0.1, 0.15) is 5.42 Å². The minimum absolute atomic E-state index is 0.698. The molecule has 0 amide bonds. The summed E-state index contributed by atoms with van der Waals surface area (Å²) >= 11 is 3.37. The molecule has 0 radical (unpaired) electrons. The monoisotopic (exact) mass is 242 g/mol. The highest BCUT2D eigenvalue weighted by Gasteiger charge is 1.85. The van der Waals surface area contributed by atoms with Gasteiger partial charge in [-0.1, -0.05) is 42.4 Å². The maximum atomic E-state index is 5.02. The molecule has 1 aromatic rings. The number of hydrogen-bond acceptors (Lipinski definition) is 1. The van der Waals surface area contributed by atoms with Crippen molar-refractivity contribution in [3.8, 4) is 0 Å². The van der Waals surface area contributed by atoms with E-state index in [-0.39, 0.29) is 0 Å². The molecular weight excluding hydrogens is 228 g/mol. The Balaban J connectivity index is 0.000000671. The molecular formula is C11H15BrO. The maximum Gasteiger partial charge on any atom is 0.126 e. The summed E-state index contributed by atoms with van der Waals surface area (Å²) in [5, 5.41) is 1.01. The Morgan fingerprint density at radius 2 is 2.15 bits per heavy atom. The summed E-state index contributed by atoms with van der Waals surface area (Å²) in [5.41, 5.74) is 0.698. The highest BCUT2D eigenvalue weighted by Crippen LogP contribution is 2.03. The molecule has 1 aromatic heterocycles. The minimum Gasteiger partial charge on any atom is -0.465 e. The van der Waals surface area contributed by atoms with E-state index in [4.69, 9.17) is 4.42 Å². The summed E-state index contributed by atoms with van der Waals surface area (Å²) in [7, 11) is 0. The molecule has 0 N–H and O–H groups in total. The second-order valence-electron chi connectivity index (χ2n) is 2.12. The van der Waals surface area contributed by atoms with Crippen LogP contribution in [0.15, 0.2) is 27.3 Å². The van der Waals surface area contributed by atoms with E-state index in [1.165, 1.54) is 0 Å². The van der Waals surface area contributed by atoms with Gasteiger partial charge in [0.15, 0.2) is 0 Å². The van der Waals surface area contributed by atoms with Crippen molar-refractivity contribution < 1.29 is 4.42 Å². The summed E-state index contributed by atoms with van der Waals surface area (Å²) in [5.74, 6) is 0. The quantitative estimate of drug-likeness (QED) is 0.739. The molecule has 0 unspecified atom stereocenters. The Bertz CT molecular complexity index is 360. The number of rotatable bonds is 1. The average Bonchev–Trinajstić information content (AvgIpc) is 2.55. The standard InChI is InChI=1S/C9H9BrO.C2H6/c1-3-9(10)6-8-4-5-11-7(8)2;1-2/h3-6H,2H2,1H3;1-2H3/b8-6-,9-3+;. The number of halogens is 1. The summed E-state index contributed by atoms with van der Waals surface area (Å²) in [6.45, 7) is 9.68. The van der Waals surface area contributed by atoms with Crippen LogP contribution in [0, 0.1) is 0 Å². The third-order valence-corrected chi connectivity index (χ3v) is 2.04. The molecule has 0 bridgehead atoms. The van der Waals surface area contributed by atoms with Crippen LogP contribution in [0.2, 0.25) is 0 Å². The predicted molar refractivity (Wildman–Crippen MR) is 62.0 cm³/mol. The van der Waals surface area contributed by atoms with E-state index in [2.05, 4.69) is 22.5 Å². The molecule has 0 saturated heterocycles. The Labute approximate surface area is 87.6 Å². The molecule has 0 atom stereocenters. The fourth-order valence-electron chi connectivity index (χ4n) is 0.711. The van der Waals surface area contributed by atoms with Gasteiger partial charge in [0, 0.05) is 9.70 Å². The van der Waals surface area contributed by atoms with E-state index in [0.29, 0.717) is 5.42 Å². The molecule has 13 heavy (non-hydrogen) atoms. The SMILES string of the molecule is C=c1occ/c1=C/C(Br)=C\C.CC. The fourth-order valence-corrected chi connectivity index (χ4v) is 0.958. The van der Waals surface area contributed by atoms with E-state index in [9.17, 15) is 0 Å². The second kappa shape index (κ2) is 6.72. The molecule has 0 spiro atoms. The van der Waals surface area contributed by atoms with Crippen LogP contribution in [-0.4, -0.2) is 0 Å². The number of allylic oxidation sites excluding steroid dienone is 2. The summed E-state index contributed by atoms with van der Waals surface area (Å²) in [4.78, 5) is 0. The topological polar surface area (TPSA) is 13.1 Å². The number of hydrogen-bond donors (Lipinski definition) is 0. The van der Waals surface area contributed by atoms with Gasteiger partial charge in [0.05, 0.1) is 6.26 Å². The zero-order valence-corrected chi connectivity index (χ0v) is 9.89. The summed E-state index contributed by atoms with van der Waals surface area (Å²) < 4.78 is 6.05. The molecule has 1 heterocycles. The first-order chi connectivity index (χ1) is 6.24. The molecule has 0 fully saturated rings. The van der Waals surface area contributed by atoms with E-state index in [1.807, 2.05) is 39.0 Å². The zero-order valence-electron chi connectivity index (χ0n) is 8.30. The van der Waals surface area contributed by atoms with Crippen LogP contribution in [0.3, 0.4) is 0 Å². The van der Waals surface area contributed by atoms with Crippen LogP contribution >= 0.6 is 15.9 Å². The minimum atomic E-state index is 0.698. The second-order valence-corrected chi connectivity index (χ2v) is 3.03. The first-order valence-electron chi connectivity index (χ1n) is 4.30. The van der Waals surface area contributed by atoms with Gasteiger partial charge in [-0.05, 0) is 19.1 Å². The molecule has 0 aromatic carbocycles. The molecule has 2 heteroatoms. The molecule has 0 aliphatic heterocycles. The van der Waals surface area contributed by atoms with Crippen molar-refractivity contribution >= 4 is 28.6 Å². The van der Waals surface area contributed by atoms with Gasteiger partial charge in [-0.2, -0.15) is 0 Å². The van der Waals surface area contributed by atoms with Gasteiger partial charge >= 0.3 is 0 Å². The molecule has 72 valence electrons. The Morgan fingerprint density at radius 3 is 2.54 bits per heavy atom. The van der Waals surface area contributed by atoms with Crippen molar-refractivity contribution in [1.82, 2.24) is 0 Å². The van der Waals surface area contributed by atoms with Gasteiger partial charge in [0.25, 0.3) is 0 Å². The molecule has 1 nitrogen and oxygen atoms in total. The predicted octanol–water partition coefficient (Wildman–Crippen LogP) is 2.80. The Morgan fingerprint density at radius 1 is 1.54 bits per heavy atom. The van der Waals surface area contributed by atoms with Crippen molar-refractivity contribution in [2.24, 2.45) is 0 Å². The lowest BCUT2D eigenvalue weighted by Crippen LogP contribution is -2.16. The lowest BCUT2D eigenvalue weighted by atomic mass is 10.4. The van der Waals surface area contributed by atoms with Crippen molar-refractivity contribution in [2.75, 3.05) is 0 Å². The first kappa shape index (κ1) is 12.2. The van der Waals surface area contributed by atoms with E-state index in [0.717, 1.165) is 9.70 Å². The van der Waals surface area contributed by atoms with Gasteiger partial charge < -0.3 is 4.42 Å². The third kappa shape index (κ3) is 4.13.